The molecule has 3 nitrogen and oxygen atoms in total. The SMILES string of the molecule is CCn1ccnc1C(NC)C(C)(C)C. The van der Waals surface area contributed by atoms with Crippen LogP contribution in [0.3, 0.4) is 0 Å². The van der Waals surface area contributed by atoms with Gasteiger partial charge in [-0.25, -0.2) is 4.98 Å². The fourth-order valence-electron chi connectivity index (χ4n) is 1.80. The maximum absolute atomic E-state index is 4.43. The molecule has 1 atom stereocenters. The molecule has 0 fully saturated rings. The maximum Gasteiger partial charge on any atom is 0.126 e. The van der Waals surface area contributed by atoms with E-state index < -0.39 is 0 Å². The summed E-state index contributed by atoms with van der Waals surface area (Å²) in [6.07, 6.45) is 3.90. The molecule has 1 aromatic rings. The first-order chi connectivity index (χ1) is 6.50. The van der Waals surface area contributed by atoms with Crippen LogP contribution >= 0.6 is 0 Å². The Bertz CT molecular complexity index is 283. The number of nitrogens with zero attached hydrogens (tertiary/aromatic N) is 2. The van der Waals surface area contributed by atoms with Crippen LogP contribution in [0.25, 0.3) is 0 Å². The number of imidazole rings is 1. The van der Waals surface area contributed by atoms with E-state index >= 15 is 0 Å². The number of rotatable bonds is 3. The first-order valence-corrected chi connectivity index (χ1v) is 5.19. The zero-order valence-corrected chi connectivity index (χ0v) is 9.83. The van der Waals surface area contributed by atoms with Crippen molar-refractivity contribution in [3.05, 3.63) is 18.2 Å². The second-order valence-corrected chi connectivity index (χ2v) is 4.66. The van der Waals surface area contributed by atoms with Crippen LogP contribution in [0.1, 0.15) is 39.6 Å². The third-order valence-electron chi connectivity index (χ3n) is 2.50. The molecule has 0 amide bonds. The fourth-order valence-corrected chi connectivity index (χ4v) is 1.80. The monoisotopic (exact) mass is 195 g/mol. The van der Waals surface area contributed by atoms with Gasteiger partial charge >= 0.3 is 0 Å². The van der Waals surface area contributed by atoms with Gasteiger partial charge in [0.05, 0.1) is 6.04 Å². The molecule has 0 aliphatic carbocycles. The van der Waals surface area contributed by atoms with E-state index in [1.54, 1.807) is 0 Å². The van der Waals surface area contributed by atoms with Crippen molar-refractivity contribution in [1.29, 1.82) is 0 Å². The number of nitrogens with one attached hydrogen (secondary N) is 1. The summed E-state index contributed by atoms with van der Waals surface area (Å²) in [5.74, 6) is 1.13. The highest BCUT2D eigenvalue weighted by Gasteiger charge is 2.27. The predicted octanol–water partition coefficient (Wildman–Crippen LogP) is 2.21. The van der Waals surface area contributed by atoms with Gasteiger partial charge in [0.25, 0.3) is 0 Å². The van der Waals surface area contributed by atoms with Crippen molar-refractivity contribution in [3.8, 4) is 0 Å². The second kappa shape index (κ2) is 4.13. The number of hydrogen-bond donors (Lipinski definition) is 1. The molecule has 1 unspecified atom stereocenters. The van der Waals surface area contributed by atoms with E-state index in [2.05, 4.69) is 42.6 Å². The Labute approximate surface area is 86.5 Å². The van der Waals surface area contributed by atoms with Gasteiger partial charge in [-0.15, -0.1) is 0 Å². The molecule has 80 valence electrons. The molecule has 1 N–H and O–H groups in total. The molecule has 14 heavy (non-hydrogen) atoms. The Morgan fingerprint density at radius 1 is 1.50 bits per heavy atom. The smallest absolute Gasteiger partial charge is 0.126 e. The Hall–Kier alpha value is -0.830. The van der Waals surface area contributed by atoms with E-state index in [1.807, 2.05) is 19.4 Å². The highest BCUT2D eigenvalue weighted by atomic mass is 15.1. The van der Waals surface area contributed by atoms with E-state index in [0.717, 1.165) is 12.4 Å². The molecular weight excluding hydrogens is 174 g/mol. The minimum Gasteiger partial charge on any atom is -0.334 e. The lowest BCUT2D eigenvalue weighted by Gasteiger charge is -2.30. The summed E-state index contributed by atoms with van der Waals surface area (Å²) in [5, 5.41) is 3.34. The van der Waals surface area contributed by atoms with Crippen LogP contribution in [-0.2, 0) is 6.54 Å². The number of aromatic nitrogens is 2. The van der Waals surface area contributed by atoms with Gasteiger partial charge < -0.3 is 9.88 Å². The molecule has 0 spiro atoms. The van der Waals surface area contributed by atoms with Crippen LogP contribution in [0, 0.1) is 5.41 Å². The van der Waals surface area contributed by atoms with Gasteiger partial charge in [0, 0.05) is 18.9 Å². The molecule has 0 saturated heterocycles. The van der Waals surface area contributed by atoms with Crippen molar-refractivity contribution in [2.75, 3.05) is 7.05 Å². The number of hydrogen-bond acceptors (Lipinski definition) is 2. The zero-order valence-electron chi connectivity index (χ0n) is 9.83. The average molecular weight is 195 g/mol. The first-order valence-electron chi connectivity index (χ1n) is 5.19. The summed E-state index contributed by atoms with van der Waals surface area (Å²) in [6.45, 7) is 9.79. The highest BCUT2D eigenvalue weighted by Crippen LogP contribution is 2.31. The summed E-state index contributed by atoms with van der Waals surface area (Å²) in [7, 11) is 1.99. The summed E-state index contributed by atoms with van der Waals surface area (Å²) in [6, 6.07) is 0.303. The van der Waals surface area contributed by atoms with Crippen LogP contribution in [0.5, 0.6) is 0 Å². The first kappa shape index (κ1) is 11.2. The molecule has 0 radical (unpaired) electrons. The summed E-state index contributed by atoms with van der Waals surface area (Å²) < 4.78 is 2.19. The van der Waals surface area contributed by atoms with E-state index in [4.69, 9.17) is 0 Å². The minimum absolute atomic E-state index is 0.188. The molecule has 1 rings (SSSR count). The van der Waals surface area contributed by atoms with Crippen LogP contribution in [0.15, 0.2) is 12.4 Å². The van der Waals surface area contributed by atoms with Crippen molar-refractivity contribution < 1.29 is 0 Å². The van der Waals surface area contributed by atoms with Crippen molar-refractivity contribution in [2.45, 2.75) is 40.3 Å². The van der Waals surface area contributed by atoms with Crippen molar-refractivity contribution in [1.82, 2.24) is 14.9 Å². The summed E-state index contributed by atoms with van der Waals surface area (Å²) >= 11 is 0. The van der Waals surface area contributed by atoms with Gasteiger partial charge in [0.2, 0.25) is 0 Å². The number of aryl methyl sites for hydroxylation is 1. The van der Waals surface area contributed by atoms with Crippen LogP contribution in [0.4, 0.5) is 0 Å². The van der Waals surface area contributed by atoms with Gasteiger partial charge in [-0.1, -0.05) is 20.8 Å². The lowest BCUT2D eigenvalue weighted by Crippen LogP contribution is -2.32. The Morgan fingerprint density at radius 3 is 2.57 bits per heavy atom. The van der Waals surface area contributed by atoms with E-state index in [-0.39, 0.29) is 5.41 Å². The molecule has 3 heteroatoms. The third kappa shape index (κ3) is 2.15. The van der Waals surface area contributed by atoms with Gasteiger partial charge in [0.15, 0.2) is 0 Å². The molecule has 0 aliphatic heterocycles. The van der Waals surface area contributed by atoms with Crippen molar-refractivity contribution in [3.63, 3.8) is 0 Å². The minimum atomic E-state index is 0.188. The van der Waals surface area contributed by atoms with Crippen molar-refractivity contribution in [2.24, 2.45) is 5.41 Å². The molecular formula is C11H21N3. The normalized spacial score (nSPS) is 14.4. The molecule has 1 aromatic heterocycles. The largest absolute Gasteiger partial charge is 0.334 e. The zero-order chi connectivity index (χ0) is 10.8. The second-order valence-electron chi connectivity index (χ2n) is 4.66. The fraction of sp³-hybridized carbons (Fsp3) is 0.727. The van der Waals surface area contributed by atoms with Gasteiger partial charge in [-0.2, -0.15) is 0 Å². The van der Waals surface area contributed by atoms with E-state index in [1.165, 1.54) is 0 Å². The Kier molecular flexibility index (Phi) is 3.32. The Balaban J connectivity index is 3.01. The quantitative estimate of drug-likeness (QED) is 0.801. The van der Waals surface area contributed by atoms with Gasteiger partial charge in [-0.05, 0) is 19.4 Å². The maximum atomic E-state index is 4.43. The van der Waals surface area contributed by atoms with E-state index in [9.17, 15) is 0 Å². The molecule has 0 saturated carbocycles. The van der Waals surface area contributed by atoms with Crippen molar-refractivity contribution >= 4 is 0 Å². The lowest BCUT2D eigenvalue weighted by atomic mass is 9.86. The topological polar surface area (TPSA) is 29.9 Å². The third-order valence-corrected chi connectivity index (χ3v) is 2.50. The highest BCUT2D eigenvalue weighted by molar-refractivity contribution is 5.03. The Morgan fingerprint density at radius 2 is 2.14 bits per heavy atom. The summed E-state index contributed by atoms with van der Waals surface area (Å²) in [4.78, 5) is 4.43. The van der Waals surface area contributed by atoms with Gasteiger partial charge in [0.1, 0.15) is 5.82 Å². The molecule has 0 aliphatic rings. The van der Waals surface area contributed by atoms with Crippen LogP contribution in [-0.4, -0.2) is 16.6 Å². The van der Waals surface area contributed by atoms with E-state index in [0.29, 0.717) is 6.04 Å². The molecule has 1 heterocycles. The van der Waals surface area contributed by atoms with Gasteiger partial charge in [-0.3, -0.25) is 0 Å². The molecule has 0 aromatic carbocycles. The average Bonchev–Trinajstić information content (AvgIpc) is 2.51. The molecule has 0 bridgehead atoms. The van der Waals surface area contributed by atoms with Crippen LogP contribution < -0.4 is 5.32 Å². The van der Waals surface area contributed by atoms with Crippen LogP contribution in [0.2, 0.25) is 0 Å². The predicted molar refractivity (Wildman–Crippen MR) is 59.2 cm³/mol. The lowest BCUT2D eigenvalue weighted by molar-refractivity contribution is 0.269. The standard InChI is InChI=1S/C11H21N3/c1-6-14-8-7-13-10(14)9(12-5)11(2,3)4/h7-9,12H,6H2,1-5H3. The summed E-state index contributed by atoms with van der Waals surface area (Å²) in [5.41, 5.74) is 0.188.